The molecule has 76 valence electrons. The minimum absolute atomic E-state index is 0.438. The van der Waals surface area contributed by atoms with Crippen LogP contribution in [0.1, 0.15) is 10.9 Å². The number of aromatic nitrogens is 1. The SMILES string of the molecule is c1ccc(C2CNc3cscc3S2)nc1. The average molecular weight is 234 g/mol. The second-order valence-corrected chi connectivity index (χ2v) is 5.38. The van der Waals surface area contributed by atoms with Gasteiger partial charge in [0.2, 0.25) is 0 Å². The molecule has 0 radical (unpaired) electrons. The Morgan fingerprint density at radius 1 is 1.33 bits per heavy atom. The predicted molar refractivity (Wildman–Crippen MR) is 65.6 cm³/mol. The number of hydrogen-bond acceptors (Lipinski definition) is 4. The molecule has 0 fully saturated rings. The number of nitrogens with zero attached hydrogens (tertiary/aromatic N) is 1. The van der Waals surface area contributed by atoms with Gasteiger partial charge in [-0.2, -0.15) is 0 Å². The van der Waals surface area contributed by atoms with Gasteiger partial charge >= 0.3 is 0 Å². The molecule has 0 saturated carbocycles. The summed E-state index contributed by atoms with van der Waals surface area (Å²) in [5, 5.41) is 8.24. The van der Waals surface area contributed by atoms with E-state index in [-0.39, 0.29) is 0 Å². The highest BCUT2D eigenvalue weighted by atomic mass is 32.2. The van der Waals surface area contributed by atoms with Gasteiger partial charge in [-0.15, -0.1) is 23.1 Å². The lowest BCUT2D eigenvalue weighted by Crippen LogP contribution is -2.14. The van der Waals surface area contributed by atoms with Crippen molar-refractivity contribution in [2.45, 2.75) is 10.1 Å². The Morgan fingerprint density at radius 3 is 3.20 bits per heavy atom. The molecular formula is C11H10N2S2. The van der Waals surface area contributed by atoms with Gasteiger partial charge in [-0.05, 0) is 12.1 Å². The molecule has 1 aliphatic rings. The number of pyridine rings is 1. The molecule has 2 nitrogen and oxygen atoms in total. The maximum Gasteiger partial charge on any atom is 0.0690 e. The van der Waals surface area contributed by atoms with Gasteiger partial charge in [0.05, 0.1) is 16.6 Å². The van der Waals surface area contributed by atoms with Crippen LogP contribution in [0.2, 0.25) is 0 Å². The van der Waals surface area contributed by atoms with Gasteiger partial charge in [0.25, 0.3) is 0 Å². The van der Waals surface area contributed by atoms with Gasteiger partial charge < -0.3 is 5.32 Å². The second-order valence-electron chi connectivity index (χ2n) is 3.39. The lowest BCUT2D eigenvalue weighted by Gasteiger charge is -2.22. The smallest absolute Gasteiger partial charge is 0.0690 e. The highest BCUT2D eigenvalue weighted by Gasteiger charge is 2.21. The lowest BCUT2D eigenvalue weighted by atomic mass is 10.2. The highest BCUT2D eigenvalue weighted by Crippen LogP contribution is 2.43. The number of fused-ring (bicyclic) bond motifs is 1. The van der Waals surface area contributed by atoms with Crippen LogP contribution < -0.4 is 5.32 Å². The summed E-state index contributed by atoms with van der Waals surface area (Å²) >= 11 is 3.65. The molecule has 4 heteroatoms. The molecule has 0 saturated heterocycles. The summed E-state index contributed by atoms with van der Waals surface area (Å²) in [4.78, 5) is 5.75. The third-order valence-electron chi connectivity index (χ3n) is 2.39. The van der Waals surface area contributed by atoms with Crippen molar-refractivity contribution in [1.29, 1.82) is 0 Å². The number of nitrogens with one attached hydrogen (secondary N) is 1. The van der Waals surface area contributed by atoms with Crippen molar-refractivity contribution in [1.82, 2.24) is 4.98 Å². The van der Waals surface area contributed by atoms with Gasteiger partial charge in [-0.1, -0.05) is 6.07 Å². The number of rotatable bonds is 1. The molecule has 15 heavy (non-hydrogen) atoms. The van der Waals surface area contributed by atoms with E-state index in [2.05, 4.69) is 27.1 Å². The van der Waals surface area contributed by atoms with E-state index in [0.717, 1.165) is 12.2 Å². The quantitative estimate of drug-likeness (QED) is 0.818. The molecule has 3 rings (SSSR count). The van der Waals surface area contributed by atoms with E-state index >= 15 is 0 Å². The molecule has 1 atom stereocenters. The summed E-state index contributed by atoms with van der Waals surface area (Å²) < 4.78 is 0. The zero-order chi connectivity index (χ0) is 10.1. The van der Waals surface area contributed by atoms with Crippen LogP contribution in [-0.4, -0.2) is 11.5 Å². The average Bonchev–Trinajstić information content (AvgIpc) is 2.77. The Bertz CT molecular complexity index is 453. The maximum absolute atomic E-state index is 4.40. The van der Waals surface area contributed by atoms with Crippen LogP contribution >= 0.6 is 23.1 Å². The molecule has 1 N–H and O–H groups in total. The van der Waals surface area contributed by atoms with Crippen LogP contribution in [0.25, 0.3) is 0 Å². The van der Waals surface area contributed by atoms with Crippen LogP contribution in [0.5, 0.6) is 0 Å². The Kier molecular flexibility index (Phi) is 2.38. The van der Waals surface area contributed by atoms with E-state index in [1.54, 1.807) is 11.3 Å². The molecule has 0 spiro atoms. The normalized spacial score (nSPS) is 19.3. The summed E-state index contributed by atoms with van der Waals surface area (Å²) in [6.45, 7) is 0.964. The van der Waals surface area contributed by atoms with Gasteiger partial charge in [0.15, 0.2) is 0 Å². The second kappa shape index (κ2) is 3.87. The molecule has 0 aromatic carbocycles. The molecule has 2 aromatic heterocycles. The van der Waals surface area contributed by atoms with Crippen molar-refractivity contribution in [2.75, 3.05) is 11.9 Å². The Morgan fingerprint density at radius 2 is 2.33 bits per heavy atom. The number of thioether (sulfide) groups is 1. The molecule has 0 amide bonds. The van der Waals surface area contributed by atoms with Gasteiger partial charge in [0.1, 0.15) is 0 Å². The van der Waals surface area contributed by atoms with Crippen LogP contribution in [0, 0.1) is 0 Å². The highest BCUT2D eigenvalue weighted by molar-refractivity contribution is 8.00. The first-order valence-corrected chi connectivity index (χ1v) is 6.63. The van der Waals surface area contributed by atoms with E-state index in [1.165, 1.54) is 10.6 Å². The third-order valence-corrected chi connectivity index (χ3v) is 4.57. The Hall–Kier alpha value is -1.00. The maximum atomic E-state index is 4.40. The molecule has 0 aliphatic carbocycles. The van der Waals surface area contributed by atoms with Crippen LogP contribution in [0.15, 0.2) is 40.1 Å². The van der Waals surface area contributed by atoms with Crippen LogP contribution in [0.3, 0.4) is 0 Å². The summed E-state index contributed by atoms with van der Waals surface area (Å²) in [5.74, 6) is 0. The van der Waals surface area contributed by atoms with Crippen LogP contribution in [-0.2, 0) is 0 Å². The summed E-state index contributed by atoms with van der Waals surface area (Å²) in [6.07, 6.45) is 1.86. The fourth-order valence-electron chi connectivity index (χ4n) is 1.63. The van der Waals surface area contributed by atoms with E-state index < -0.39 is 0 Å². The van der Waals surface area contributed by atoms with Crippen molar-refractivity contribution in [3.8, 4) is 0 Å². The van der Waals surface area contributed by atoms with Crippen LogP contribution in [0.4, 0.5) is 5.69 Å². The first kappa shape index (κ1) is 9.24. The summed E-state index contributed by atoms with van der Waals surface area (Å²) in [7, 11) is 0. The topological polar surface area (TPSA) is 24.9 Å². The molecular weight excluding hydrogens is 224 g/mol. The largest absolute Gasteiger partial charge is 0.382 e. The fraction of sp³-hybridized carbons (Fsp3) is 0.182. The number of anilines is 1. The number of thiophene rings is 1. The molecule has 3 heterocycles. The molecule has 0 bridgehead atoms. The first-order chi connectivity index (χ1) is 7.43. The minimum Gasteiger partial charge on any atom is -0.382 e. The Labute approximate surface area is 96.7 Å². The van der Waals surface area contributed by atoms with Crippen molar-refractivity contribution >= 4 is 28.8 Å². The summed E-state index contributed by atoms with van der Waals surface area (Å²) in [5.41, 5.74) is 2.43. The van der Waals surface area contributed by atoms with Crippen molar-refractivity contribution in [3.63, 3.8) is 0 Å². The van der Waals surface area contributed by atoms with Crippen molar-refractivity contribution < 1.29 is 0 Å². The van der Waals surface area contributed by atoms with E-state index in [1.807, 2.05) is 30.1 Å². The first-order valence-electron chi connectivity index (χ1n) is 4.81. The van der Waals surface area contributed by atoms with Gasteiger partial charge in [-0.25, -0.2) is 0 Å². The van der Waals surface area contributed by atoms with Gasteiger partial charge in [-0.3, -0.25) is 4.98 Å². The Balaban J connectivity index is 1.88. The zero-order valence-corrected chi connectivity index (χ0v) is 9.65. The monoisotopic (exact) mass is 234 g/mol. The van der Waals surface area contributed by atoms with Crippen molar-refractivity contribution in [2.24, 2.45) is 0 Å². The fourth-order valence-corrected chi connectivity index (χ4v) is 3.75. The third kappa shape index (κ3) is 1.75. The lowest BCUT2D eigenvalue weighted by molar-refractivity contribution is 0.920. The van der Waals surface area contributed by atoms with Gasteiger partial charge in [0, 0.05) is 28.4 Å². The molecule has 1 aliphatic heterocycles. The zero-order valence-electron chi connectivity index (χ0n) is 8.01. The summed E-state index contributed by atoms with van der Waals surface area (Å²) in [6, 6.07) is 6.10. The van der Waals surface area contributed by atoms with E-state index in [4.69, 9.17) is 0 Å². The van der Waals surface area contributed by atoms with E-state index in [0.29, 0.717) is 5.25 Å². The van der Waals surface area contributed by atoms with Crippen molar-refractivity contribution in [3.05, 3.63) is 40.8 Å². The predicted octanol–water partition coefficient (Wildman–Crippen LogP) is 3.40. The van der Waals surface area contributed by atoms with E-state index in [9.17, 15) is 0 Å². The minimum atomic E-state index is 0.438. The standard InChI is InChI=1S/C11H10N2S2/c1-2-4-12-8(3-1)10-5-13-9-6-14-7-11(9)15-10/h1-4,6-7,10,13H,5H2. The molecule has 2 aromatic rings. The molecule has 1 unspecified atom stereocenters. The number of hydrogen-bond donors (Lipinski definition) is 1.